The van der Waals surface area contributed by atoms with E-state index in [0.717, 1.165) is 12.0 Å². The quantitative estimate of drug-likeness (QED) is 0.852. The third-order valence-electron chi connectivity index (χ3n) is 3.76. The van der Waals surface area contributed by atoms with Crippen LogP contribution in [0.4, 0.5) is 5.82 Å². The number of rotatable bonds is 7. The molecule has 1 aromatic carbocycles. The molecule has 0 aliphatic rings. The number of amides is 1. The minimum Gasteiger partial charge on any atom is -0.366 e. The zero-order chi connectivity index (χ0) is 16.7. The first-order chi connectivity index (χ1) is 11.1. The average Bonchev–Trinajstić information content (AvgIpc) is 2.60. The van der Waals surface area contributed by atoms with Crippen LogP contribution in [0.3, 0.4) is 0 Å². The molecule has 1 N–H and O–H groups in total. The van der Waals surface area contributed by atoms with Gasteiger partial charge in [0.15, 0.2) is 0 Å². The Labute approximate surface area is 137 Å². The van der Waals surface area contributed by atoms with Gasteiger partial charge in [0, 0.05) is 19.1 Å². The van der Waals surface area contributed by atoms with Crippen molar-refractivity contribution in [2.24, 2.45) is 0 Å². The molecular weight excluding hydrogens is 288 g/mol. The van der Waals surface area contributed by atoms with E-state index in [4.69, 9.17) is 0 Å². The molecular formula is C18H24N4O. The van der Waals surface area contributed by atoms with Crippen LogP contribution in [0.15, 0.2) is 42.7 Å². The van der Waals surface area contributed by atoms with Crippen molar-refractivity contribution in [3.63, 3.8) is 0 Å². The minimum atomic E-state index is -0.0982. The third-order valence-corrected chi connectivity index (χ3v) is 3.76. The van der Waals surface area contributed by atoms with Crippen LogP contribution in [0.25, 0.3) is 0 Å². The highest BCUT2D eigenvalue weighted by Crippen LogP contribution is 2.10. The largest absolute Gasteiger partial charge is 0.366 e. The van der Waals surface area contributed by atoms with Gasteiger partial charge >= 0.3 is 0 Å². The lowest BCUT2D eigenvalue weighted by molar-refractivity contribution is 0.0746. The predicted octanol–water partition coefficient (Wildman–Crippen LogP) is 3.35. The second kappa shape index (κ2) is 8.27. The molecule has 0 aliphatic heterocycles. The van der Waals surface area contributed by atoms with Crippen molar-refractivity contribution in [2.75, 3.05) is 11.9 Å². The SMILES string of the molecule is CCC(C)Nc1cnc(C(=O)N(CC)Cc2ccccc2)cn1. The van der Waals surface area contributed by atoms with E-state index >= 15 is 0 Å². The zero-order valence-electron chi connectivity index (χ0n) is 14.0. The van der Waals surface area contributed by atoms with Gasteiger partial charge in [0.1, 0.15) is 11.5 Å². The molecule has 0 saturated carbocycles. The lowest BCUT2D eigenvalue weighted by Crippen LogP contribution is -2.31. The molecule has 0 saturated heterocycles. The van der Waals surface area contributed by atoms with Gasteiger partial charge in [-0.15, -0.1) is 0 Å². The van der Waals surface area contributed by atoms with Crippen LogP contribution in [-0.2, 0) is 6.54 Å². The molecule has 1 heterocycles. The van der Waals surface area contributed by atoms with E-state index < -0.39 is 0 Å². The first kappa shape index (κ1) is 16.9. The van der Waals surface area contributed by atoms with Crippen LogP contribution in [0.1, 0.15) is 43.2 Å². The third kappa shape index (κ3) is 4.77. The number of anilines is 1. The Hall–Kier alpha value is -2.43. The van der Waals surface area contributed by atoms with Gasteiger partial charge in [0.2, 0.25) is 0 Å². The summed E-state index contributed by atoms with van der Waals surface area (Å²) in [7, 11) is 0. The van der Waals surface area contributed by atoms with E-state index in [9.17, 15) is 4.79 Å². The van der Waals surface area contributed by atoms with Crippen molar-refractivity contribution in [3.8, 4) is 0 Å². The van der Waals surface area contributed by atoms with Crippen LogP contribution in [-0.4, -0.2) is 33.4 Å². The van der Waals surface area contributed by atoms with E-state index in [1.807, 2.05) is 37.3 Å². The highest BCUT2D eigenvalue weighted by atomic mass is 16.2. The summed E-state index contributed by atoms with van der Waals surface area (Å²) in [6, 6.07) is 10.3. The van der Waals surface area contributed by atoms with Gasteiger partial charge in [-0.3, -0.25) is 4.79 Å². The standard InChI is InChI=1S/C18H24N4O/c1-4-14(3)21-17-12-19-16(11-20-17)18(23)22(5-2)13-15-9-7-6-8-10-15/h6-12,14H,4-5,13H2,1-3H3,(H,20,21). The fraction of sp³-hybridized carbons (Fsp3) is 0.389. The Morgan fingerprint density at radius 3 is 2.48 bits per heavy atom. The van der Waals surface area contributed by atoms with E-state index in [2.05, 4.69) is 29.1 Å². The predicted molar refractivity (Wildman–Crippen MR) is 92.3 cm³/mol. The molecule has 2 rings (SSSR count). The highest BCUT2D eigenvalue weighted by molar-refractivity contribution is 5.92. The van der Waals surface area contributed by atoms with Crippen LogP contribution in [0, 0.1) is 0 Å². The van der Waals surface area contributed by atoms with Gasteiger partial charge in [-0.2, -0.15) is 0 Å². The van der Waals surface area contributed by atoms with Gasteiger partial charge in [0.05, 0.1) is 12.4 Å². The molecule has 1 unspecified atom stereocenters. The second-order valence-electron chi connectivity index (χ2n) is 5.55. The van der Waals surface area contributed by atoms with Crippen LogP contribution in [0.5, 0.6) is 0 Å². The molecule has 0 bridgehead atoms. The van der Waals surface area contributed by atoms with E-state index in [-0.39, 0.29) is 5.91 Å². The van der Waals surface area contributed by atoms with Gasteiger partial charge in [-0.1, -0.05) is 37.3 Å². The maximum atomic E-state index is 12.6. The van der Waals surface area contributed by atoms with Crippen LogP contribution >= 0.6 is 0 Å². The molecule has 0 aliphatic carbocycles. The maximum absolute atomic E-state index is 12.6. The van der Waals surface area contributed by atoms with Crippen molar-refractivity contribution < 1.29 is 4.79 Å². The first-order valence-electron chi connectivity index (χ1n) is 8.05. The number of nitrogens with one attached hydrogen (secondary N) is 1. The summed E-state index contributed by atoms with van der Waals surface area (Å²) in [6.45, 7) is 7.35. The fourth-order valence-corrected chi connectivity index (χ4v) is 2.16. The Morgan fingerprint density at radius 1 is 1.17 bits per heavy atom. The van der Waals surface area contributed by atoms with Crippen LogP contribution < -0.4 is 5.32 Å². The number of carbonyl (C=O) groups is 1. The number of hydrogen-bond donors (Lipinski definition) is 1. The van der Waals surface area contributed by atoms with Crippen molar-refractivity contribution >= 4 is 11.7 Å². The van der Waals surface area contributed by atoms with Gasteiger partial charge in [-0.25, -0.2) is 9.97 Å². The van der Waals surface area contributed by atoms with Crippen LogP contribution in [0.2, 0.25) is 0 Å². The number of carbonyl (C=O) groups excluding carboxylic acids is 1. The Balaban J connectivity index is 2.05. The average molecular weight is 312 g/mol. The summed E-state index contributed by atoms with van der Waals surface area (Å²) < 4.78 is 0. The summed E-state index contributed by atoms with van der Waals surface area (Å²) in [6.07, 6.45) is 4.17. The van der Waals surface area contributed by atoms with Crippen molar-refractivity contribution in [2.45, 2.75) is 39.8 Å². The molecule has 5 nitrogen and oxygen atoms in total. The highest BCUT2D eigenvalue weighted by Gasteiger charge is 2.16. The Morgan fingerprint density at radius 2 is 1.91 bits per heavy atom. The second-order valence-corrected chi connectivity index (χ2v) is 5.55. The van der Waals surface area contributed by atoms with Gasteiger partial charge in [-0.05, 0) is 25.8 Å². The number of hydrogen-bond acceptors (Lipinski definition) is 4. The molecule has 1 amide bonds. The lowest BCUT2D eigenvalue weighted by atomic mass is 10.2. The summed E-state index contributed by atoms with van der Waals surface area (Å²) in [5.74, 6) is 0.598. The summed E-state index contributed by atoms with van der Waals surface area (Å²) >= 11 is 0. The molecule has 23 heavy (non-hydrogen) atoms. The molecule has 1 atom stereocenters. The Bertz CT molecular complexity index is 613. The fourth-order valence-electron chi connectivity index (χ4n) is 2.16. The first-order valence-corrected chi connectivity index (χ1v) is 8.05. The summed E-state index contributed by atoms with van der Waals surface area (Å²) in [5.41, 5.74) is 1.48. The van der Waals surface area contributed by atoms with Crippen molar-refractivity contribution in [1.82, 2.24) is 14.9 Å². The smallest absolute Gasteiger partial charge is 0.274 e. The van der Waals surface area contributed by atoms with E-state index in [1.165, 1.54) is 0 Å². The minimum absolute atomic E-state index is 0.0982. The number of nitrogens with zero attached hydrogens (tertiary/aromatic N) is 3. The van der Waals surface area contributed by atoms with Crippen molar-refractivity contribution in [3.05, 3.63) is 54.0 Å². The molecule has 1 aromatic heterocycles. The monoisotopic (exact) mass is 312 g/mol. The Kier molecular flexibility index (Phi) is 6.09. The van der Waals surface area contributed by atoms with Crippen molar-refractivity contribution in [1.29, 1.82) is 0 Å². The molecule has 2 aromatic rings. The summed E-state index contributed by atoms with van der Waals surface area (Å²) in [4.78, 5) is 22.9. The summed E-state index contributed by atoms with van der Waals surface area (Å²) in [5, 5.41) is 3.24. The molecule has 0 fully saturated rings. The van der Waals surface area contributed by atoms with Gasteiger partial charge < -0.3 is 10.2 Å². The van der Waals surface area contributed by atoms with E-state index in [1.54, 1.807) is 17.3 Å². The zero-order valence-corrected chi connectivity index (χ0v) is 14.0. The molecule has 122 valence electrons. The lowest BCUT2D eigenvalue weighted by Gasteiger charge is -2.20. The number of aromatic nitrogens is 2. The van der Waals surface area contributed by atoms with E-state index in [0.29, 0.717) is 30.6 Å². The van der Waals surface area contributed by atoms with Gasteiger partial charge in [0.25, 0.3) is 5.91 Å². The molecule has 5 heteroatoms. The molecule has 0 radical (unpaired) electrons. The topological polar surface area (TPSA) is 58.1 Å². The maximum Gasteiger partial charge on any atom is 0.274 e. The number of benzene rings is 1. The normalized spacial score (nSPS) is 11.8. The molecule has 0 spiro atoms.